The van der Waals surface area contributed by atoms with Crippen LogP contribution in [0.2, 0.25) is 0 Å². The van der Waals surface area contributed by atoms with Crippen LogP contribution in [0.3, 0.4) is 0 Å². The number of unbranched alkanes of at least 4 members (excludes halogenated alkanes) is 11. The Hall–Kier alpha value is -1.47. The van der Waals surface area contributed by atoms with E-state index in [0.717, 1.165) is 12.8 Å². The number of rotatable bonds is 15. The molecule has 0 radical (unpaired) electrons. The predicted octanol–water partition coefficient (Wildman–Crippen LogP) is 6.23. The first-order valence-corrected chi connectivity index (χ1v) is 9.45. The highest BCUT2D eigenvalue weighted by molar-refractivity contribution is 5.95. The number of terminal acetylenes is 1. The van der Waals surface area contributed by atoms with Crippen LogP contribution in [-0.2, 0) is 4.79 Å². The monoisotopic (exact) mass is 314 g/mol. The zero-order valence-corrected chi connectivity index (χ0v) is 15.0. The lowest BCUT2D eigenvalue weighted by molar-refractivity contribution is -0.113. The van der Waals surface area contributed by atoms with Gasteiger partial charge >= 0.3 is 0 Å². The van der Waals surface area contributed by atoms with Crippen LogP contribution < -0.4 is 0 Å². The van der Waals surface area contributed by atoms with E-state index < -0.39 is 0 Å². The Labute approximate surface area is 144 Å². The first-order chi connectivity index (χ1) is 11.3. The highest BCUT2D eigenvalue weighted by Gasteiger charge is 1.97. The molecule has 0 aliphatic rings. The summed E-state index contributed by atoms with van der Waals surface area (Å²) in [6.07, 6.45) is 26.7. The molecule has 0 atom stereocenters. The van der Waals surface area contributed by atoms with Crippen LogP contribution in [0.15, 0.2) is 12.2 Å². The zero-order chi connectivity index (χ0) is 17.0. The van der Waals surface area contributed by atoms with Gasteiger partial charge in [-0.1, -0.05) is 70.4 Å². The smallest absolute Gasteiger partial charge is 0.206 e. The van der Waals surface area contributed by atoms with Gasteiger partial charge in [0.25, 0.3) is 0 Å². The second kappa shape index (κ2) is 18.6. The Morgan fingerprint density at radius 3 is 1.91 bits per heavy atom. The van der Waals surface area contributed by atoms with Crippen LogP contribution in [0.1, 0.15) is 96.8 Å². The van der Waals surface area contributed by atoms with Gasteiger partial charge in [-0.25, -0.2) is 0 Å². The zero-order valence-electron chi connectivity index (χ0n) is 15.0. The average molecular weight is 315 g/mol. The van der Waals surface area contributed by atoms with Gasteiger partial charge in [0.05, 0.1) is 0 Å². The summed E-state index contributed by atoms with van der Waals surface area (Å²) in [7, 11) is 0. The normalized spacial score (nSPS) is 10.3. The molecule has 0 aromatic rings. The molecule has 0 aromatic carbocycles. The second-order valence-corrected chi connectivity index (χ2v) is 6.15. The first-order valence-electron chi connectivity index (χ1n) is 9.45. The molecule has 0 heterocycles. The van der Waals surface area contributed by atoms with Crippen molar-refractivity contribution in [2.24, 2.45) is 0 Å². The maximum Gasteiger partial charge on any atom is 0.206 e. The maximum atomic E-state index is 11.3. The van der Waals surface area contributed by atoms with E-state index in [4.69, 9.17) is 6.42 Å². The van der Waals surface area contributed by atoms with Crippen LogP contribution >= 0.6 is 0 Å². The Morgan fingerprint density at radius 1 is 0.826 bits per heavy atom. The highest BCUT2D eigenvalue weighted by Crippen LogP contribution is 2.10. The molecule has 0 rings (SSSR count). The van der Waals surface area contributed by atoms with Crippen molar-refractivity contribution in [3.05, 3.63) is 12.2 Å². The quantitative estimate of drug-likeness (QED) is 0.151. The van der Waals surface area contributed by atoms with E-state index in [1.165, 1.54) is 70.6 Å². The van der Waals surface area contributed by atoms with Crippen LogP contribution in [0.5, 0.6) is 0 Å². The number of allylic oxidation sites excluding steroid dienone is 2. The summed E-state index contributed by atoms with van der Waals surface area (Å²) in [6.45, 7) is 2.26. The molecular formula is C22H34O. The molecule has 0 aromatic heterocycles. The lowest BCUT2D eigenvalue weighted by atomic mass is 10.1. The van der Waals surface area contributed by atoms with Crippen molar-refractivity contribution >= 4 is 5.78 Å². The summed E-state index contributed by atoms with van der Waals surface area (Å²) in [5, 5.41) is 0. The molecular weight excluding hydrogens is 280 g/mol. The Morgan fingerprint density at radius 2 is 1.35 bits per heavy atom. The molecule has 0 unspecified atom stereocenters. The van der Waals surface area contributed by atoms with Gasteiger partial charge in [0, 0.05) is 6.42 Å². The average Bonchev–Trinajstić information content (AvgIpc) is 2.56. The largest absolute Gasteiger partial charge is 0.285 e. The molecule has 0 amide bonds. The first kappa shape index (κ1) is 21.5. The standard InChI is InChI=1S/C22H34O/c1-3-5-7-8-9-10-11-12-13-14-15-16-17-18-19-21-22(23)20-6-4-2/h2,10-11H,3,5,7-9,12-19,21H2,1H3. The van der Waals surface area contributed by atoms with Gasteiger partial charge in [-0.3, -0.25) is 4.79 Å². The molecule has 0 aliphatic heterocycles. The number of ketones is 1. The molecule has 0 aliphatic carbocycles. The van der Waals surface area contributed by atoms with Crippen LogP contribution in [-0.4, -0.2) is 5.78 Å². The lowest BCUT2D eigenvalue weighted by Gasteiger charge is -2.00. The molecule has 23 heavy (non-hydrogen) atoms. The van der Waals surface area contributed by atoms with Gasteiger partial charge in [0.1, 0.15) is 0 Å². The van der Waals surface area contributed by atoms with E-state index >= 15 is 0 Å². The minimum absolute atomic E-state index is 0.0237. The molecule has 0 N–H and O–H groups in total. The molecule has 1 nitrogen and oxygen atoms in total. The molecule has 0 saturated heterocycles. The summed E-state index contributed by atoms with van der Waals surface area (Å²) in [5.74, 6) is 6.97. The van der Waals surface area contributed by atoms with E-state index in [1.54, 1.807) is 0 Å². The third-order valence-electron chi connectivity index (χ3n) is 3.94. The molecule has 0 fully saturated rings. The molecule has 0 spiro atoms. The van der Waals surface area contributed by atoms with Gasteiger partial charge < -0.3 is 0 Å². The minimum atomic E-state index is -0.0237. The fourth-order valence-corrected chi connectivity index (χ4v) is 2.52. The summed E-state index contributed by atoms with van der Waals surface area (Å²) in [5.41, 5.74) is 0. The fraction of sp³-hybridized carbons (Fsp3) is 0.682. The third kappa shape index (κ3) is 18.5. The van der Waals surface area contributed by atoms with Crippen molar-refractivity contribution in [1.29, 1.82) is 0 Å². The van der Waals surface area contributed by atoms with Crippen molar-refractivity contribution in [1.82, 2.24) is 0 Å². The van der Waals surface area contributed by atoms with E-state index in [0.29, 0.717) is 6.42 Å². The van der Waals surface area contributed by atoms with Crippen molar-refractivity contribution in [2.75, 3.05) is 0 Å². The number of Topliss-reactive ketones (excluding diaryl/α,β-unsaturated/α-hetero) is 1. The summed E-state index contributed by atoms with van der Waals surface area (Å²) >= 11 is 0. The summed E-state index contributed by atoms with van der Waals surface area (Å²) < 4.78 is 0. The molecule has 0 saturated carbocycles. The molecule has 128 valence electrons. The van der Waals surface area contributed by atoms with Crippen LogP contribution in [0.4, 0.5) is 0 Å². The number of carbonyl (C=O) groups is 1. The molecule has 0 bridgehead atoms. The van der Waals surface area contributed by atoms with Gasteiger partial charge in [0.2, 0.25) is 5.78 Å². The Balaban J connectivity index is 3.20. The van der Waals surface area contributed by atoms with E-state index in [2.05, 4.69) is 36.8 Å². The SMILES string of the molecule is C#CC#CC(=O)CCCCCCCCCC=CCCCCCC. The highest BCUT2D eigenvalue weighted by atomic mass is 16.1. The van der Waals surface area contributed by atoms with E-state index in [-0.39, 0.29) is 5.78 Å². The summed E-state index contributed by atoms with van der Waals surface area (Å²) in [4.78, 5) is 11.3. The van der Waals surface area contributed by atoms with Gasteiger partial charge in [-0.05, 0) is 49.9 Å². The minimum Gasteiger partial charge on any atom is -0.285 e. The third-order valence-corrected chi connectivity index (χ3v) is 3.94. The van der Waals surface area contributed by atoms with Crippen molar-refractivity contribution in [2.45, 2.75) is 96.8 Å². The van der Waals surface area contributed by atoms with Crippen molar-refractivity contribution < 1.29 is 4.79 Å². The van der Waals surface area contributed by atoms with Crippen molar-refractivity contribution in [3.8, 4) is 24.2 Å². The predicted molar refractivity (Wildman–Crippen MR) is 101 cm³/mol. The number of carbonyl (C=O) groups excluding carboxylic acids is 1. The van der Waals surface area contributed by atoms with Crippen LogP contribution in [0.25, 0.3) is 0 Å². The second-order valence-electron chi connectivity index (χ2n) is 6.15. The number of hydrogen-bond acceptors (Lipinski definition) is 1. The fourth-order valence-electron chi connectivity index (χ4n) is 2.52. The molecule has 1 heteroatoms. The van der Waals surface area contributed by atoms with Crippen molar-refractivity contribution in [3.63, 3.8) is 0 Å². The van der Waals surface area contributed by atoms with E-state index in [1.807, 2.05) is 0 Å². The van der Waals surface area contributed by atoms with Gasteiger partial charge in [-0.2, -0.15) is 0 Å². The van der Waals surface area contributed by atoms with E-state index in [9.17, 15) is 4.79 Å². The van der Waals surface area contributed by atoms with Crippen LogP contribution in [0, 0.1) is 24.2 Å². The Kier molecular flexibility index (Phi) is 17.4. The van der Waals surface area contributed by atoms with Gasteiger partial charge in [0.15, 0.2) is 0 Å². The maximum absolute atomic E-state index is 11.3. The number of hydrogen-bond donors (Lipinski definition) is 0. The Bertz CT molecular complexity index is 400. The van der Waals surface area contributed by atoms with Gasteiger partial charge in [-0.15, -0.1) is 6.42 Å². The topological polar surface area (TPSA) is 17.1 Å². The summed E-state index contributed by atoms with van der Waals surface area (Å²) in [6, 6.07) is 0. The lowest BCUT2D eigenvalue weighted by Crippen LogP contribution is -1.92.